The summed E-state index contributed by atoms with van der Waals surface area (Å²) in [6.45, 7) is 2.08. The van der Waals surface area contributed by atoms with Crippen LogP contribution in [0.5, 0.6) is 6.01 Å². The number of aryl methyl sites for hydroxylation is 1. The molecule has 0 unspecified atom stereocenters. The van der Waals surface area contributed by atoms with Gasteiger partial charge in [0.2, 0.25) is 0 Å². The van der Waals surface area contributed by atoms with Gasteiger partial charge in [-0.25, -0.2) is 0 Å². The molecule has 106 valence electrons. The highest BCUT2D eigenvalue weighted by Crippen LogP contribution is 2.41. The minimum absolute atomic E-state index is 0.0368. The second kappa shape index (κ2) is 5.25. The van der Waals surface area contributed by atoms with Crippen molar-refractivity contribution in [2.24, 2.45) is 0 Å². The fourth-order valence-corrected chi connectivity index (χ4v) is 2.67. The minimum Gasteiger partial charge on any atom is -0.466 e. The molecule has 5 heteroatoms. The quantitative estimate of drug-likeness (QED) is 0.898. The second-order valence-electron chi connectivity index (χ2n) is 5.32. The fraction of sp³-hybridized carbons (Fsp3) is 0.467. The number of hydrogen-bond acceptors (Lipinski definition) is 4. The molecule has 1 aliphatic rings. The van der Waals surface area contributed by atoms with Gasteiger partial charge in [-0.2, -0.15) is 4.98 Å². The van der Waals surface area contributed by atoms with Gasteiger partial charge in [0.25, 0.3) is 0 Å². The Morgan fingerprint density at radius 3 is 2.75 bits per heavy atom. The van der Waals surface area contributed by atoms with Crippen LogP contribution in [0.4, 0.5) is 0 Å². The summed E-state index contributed by atoms with van der Waals surface area (Å²) < 4.78 is 5.03. The molecule has 1 aliphatic carbocycles. The number of aliphatic hydroxyl groups excluding tert-OH is 1. The molecule has 1 aromatic carbocycles. The van der Waals surface area contributed by atoms with E-state index in [2.05, 4.69) is 21.2 Å². The number of benzene rings is 1. The number of ether oxygens (including phenoxy) is 1. The van der Waals surface area contributed by atoms with Crippen LogP contribution in [0.15, 0.2) is 12.1 Å². The van der Waals surface area contributed by atoms with Crippen LogP contribution in [0.2, 0.25) is 0 Å². The molecule has 0 amide bonds. The van der Waals surface area contributed by atoms with E-state index in [0.717, 1.165) is 16.7 Å². The molecule has 1 aromatic heterocycles. The van der Waals surface area contributed by atoms with E-state index in [1.54, 1.807) is 7.11 Å². The maximum atomic E-state index is 9.47. The zero-order valence-corrected chi connectivity index (χ0v) is 11.8. The largest absolute Gasteiger partial charge is 0.466 e. The molecule has 0 spiro atoms. The molecule has 3 rings (SSSR count). The van der Waals surface area contributed by atoms with Gasteiger partial charge in [-0.05, 0) is 48.4 Å². The van der Waals surface area contributed by atoms with Crippen LogP contribution >= 0.6 is 0 Å². The Kier molecular flexibility index (Phi) is 3.44. The molecular weight excluding hydrogens is 254 g/mol. The third kappa shape index (κ3) is 2.18. The van der Waals surface area contributed by atoms with Crippen LogP contribution in [0, 0.1) is 6.92 Å². The van der Waals surface area contributed by atoms with Gasteiger partial charge in [0.1, 0.15) is 0 Å². The molecule has 0 radical (unpaired) electrons. The van der Waals surface area contributed by atoms with Gasteiger partial charge in [0.05, 0.1) is 13.7 Å². The van der Waals surface area contributed by atoms with Crippen molar-refractivity contribution in [2.45, 2.75) is 38.7 Å². The van der Waals surface area contributed by atoms with Crippen LogP contribution in [-0.4, -0.2) is 27.4 Å². The van der Waals surface area contributed by atoms with Crippen molar-refractivity contribution in [3.05, 3.63) is 28.8 Å². The highest BCUT2D eigenvalue weighted by molar-refractivity contribution is 5.64. The first-order chi connectivity index (χ1) is 9.72. The first kappa shape index (κ1) is 13.1. The number of rotatable bonds is 4. The molecule has 0 saturated heterocycles. The van der Waals surface area contributed by atoms with Crippen molar-refractivity contribution in [3.8, 4) is 17.4 Å². The molecule has 0 atom stereocenters. The average Bonchev–Trinajstić information content (AvgIpc) is 2.86. The van der Waals surface area contributed by atoms with Crippen LogP contribution in [0.25, 0.3) is 11.4 Å². The third-order valence-corrected chi connectivity index (χ3v) is 4.13. The summed E-state index contributed by atoms with van der Waals surface area (Å²) in [6, 6.07) is 4.54. The number of hydrogen-bond donors (Lipinski definition) is 2. The lowest BCUT2D eigenvalue weighted by Gasteiger charge is -2.28. The van der Waals surface area contributed by atoms with Crippen LogP contribution in [0.3, 0.4) is 0 Å². The zero-order valence-electron chi connectivity index (χ0n) is 11.8. The summed E-state index contributed by atoms with van der Waals surface area (Å²) >= 11 is 0. The highest BCUT2D eigenvalue weighted by Gasteiger charge is 2.25. The molecule has 1 heterocycles. The summed E-state index contributed by atoms with van der Waals surface area (Å²) in [5.41, 5.74) is 4.38. The Hall–Kier alpha value is -1.88. The van der Waals surface area contributed by atoms with E-state index in [1.165, 1.54) is 24.8 Å². The lowest BCUT2D eigenvalue weighted by molar-refractivity contribution is 0.281. The van der Waals surface area contributed by atoms with Crippen LogP contribution < -0.4 is 4.74 Å². The molecule has 1 saturated carbocycles. The van der Waals surface area contributed by atoms with Gasteiger partial charge in [0.15, 0.2) is 5.82 Å². The van der Waals surface area contributed by atoms with Crippen molar-refractivity contribution in [3.63, 3.8) is 0 Å². The lowest BCUT2D eigenvalue weighted by Crippen LogP contribution is -2.11. The molecule has 2 N–H and O–H groups in total. The lowest BCUT2D eigenvalue weighted by atomic mass is 9.77. The molecule has 20 heavy (non-hydrogen) atoms. The number of aromatic nitrogens is 3. The number of methoxy groups -OCH3 is 1. The average molecular weight is 273 g/mol. The highest BCUT2D eigenvalue weighted by atomic mass is 16.5. The molecule has 1 fully saturated rings. The van der Waals surface area contributed by atoms with Gasteiger partial charge in [-0.15, -0.1) is 5.10 Å². The van der Waals surface area contributed by atoms with E-state index in [9.17, 15) is 5.11 Å². The van der Waals surface area contributed by atoms with Crippen molar-refractivity contribution < 1.29 is 9.84 Å². The first-order valence-electron chi connectivity index (χ1n) is 6.94. The maximum absolute atomic E-state index is 9.47. The molecular formula is C15H19N3O2. The smallest absolute Gasteiger partial charge is 0.335 e. The molecule has 2 aromatic rings. The van der Waals surface area contributed by atoms with Crippen molar-refractivity contribution in [1.29, 1.82) is 0 Å². The summed E-state index contributed by atoms with van der Waals surface area (Å²) in [5, 5.41) is 16.4. The topological polar surface area (TPSA) is 71.0 Å². The van der Waals surface area contributed by atoms with E-state index < -0.39 is 0 Å². The number of aliphatic hydroxyl groups is 1. The summed E-state index contributed by atoms with van der Waals surface area (Å²) in [4.78, 5) is 4.33. The maximum Gasteiger partial charge on any atom is 0.335 e. The van der Waals surface area contributed by atoms with E-state index in [-0.39, 0.29) is 6.61 Å². The standard InChI is InChI=1S/C15H19N3O2/c1-9-6-12(10-4-3-5-10)13(7-11(9)8-19)14-16-15(20-2)18-17-14/h6-7,10,19H,3-5,8H2,1-2H3,(H,16,17,18). The predicted molar refractivity (Wildman–Crippen MR) is 75.6 cm³/mol. The molecule has 5 nitrogen and oxygen atoms in total. The van der Waals surface area contributed by atoms with E-state index in [0.29, 0.717) is 17.8 Å². The van der Waals surface area contributed by atoms with E-state index >= 15 is 0 Å². The van der Waals surface area contributed by atoms with Gasteiger partial charge in [-0.1, -0.05) is 12.5 Å². The first-order valence-corrected chi connectivity index (χ1v) is 6.94. The second-order valence-corrected chi connectivity index (χ2v) is 5.32. The van der Waals surface area contributed by atoms with E-state index in [4.69, 9.17) is 4.74 Å². The fourth-order valence-electron chi connectivity index (χ4n) is 2.67. The number of nitrogens with zero attached hydrogens (tertiary/aromatic N) is 2. The SMILES string of the molecule is COc1n[nH]c(-c2cc(CO)c(C)cc2C2CCC2)n1. The van der Waals surface area contributed by atoms with E-state index in [1.807, 2.05) is 13.0 Å². The zero-order chi connectivity index (χ0) is 14.1. The number of H-pyrrole nitrogens is 1. The van der Waals surface area contributed by atoms with Crippen molar-refractivity contribution in [1.82, 2.24) is 15.2 Å². The predicted octanol–water partition coefficient (Wildman–Crippen LogP) is 2.55. The summed E-state index contributed by atoms with van der Waals surface area (Å²) in [7, 11) is 1.55. The van der Waals surface area contributed by atoms with Gasteiger partial charge >= 0.3 is 6.01 Å². The van der Waals surface area contributed by atoms with Crippen LogP contribution in [0.1, 0.15) is 41.9 Å². The Balaban J connectivity index is 2.10. The van der Waals surface area contributed by atoms with Gasteiger partial charge in [0, 0.05) is 5.56 Å². The Morgan fingerprint density at radius 2 is 2.20 bits per heavy atom. The van der Waals surface area contributed by atoms with Gasteiger partial charge in [-0.3, -0.25) is 5.10 Å². The Labute approximate surface area is 118 Å². The summed E-state index contributed by atoms with van der Waals surface area (Å²) in [5.74, 6) is 1.30. The normalized spacial score (nSPS) is 15.2. The number of aromatic amines is 1. The van der Waals surface area contributed by atoms with Crippen molar-refractivity contribution in [2.75, 3.05) is 7.11 Å². The van der Waals surface area contributed by atoms with Crippen LogP contribution in [-0.2, 0) is 6.61 Å². The molecule has 0 aliphatic heterocycles. The molecule has 0 bridgehead atoms. The number of nitrogens with one attached hydrogen (secondary N) is 1. The summed E-state index contributed by atoms with van der Waals surface area (Å²) in [6.07, 6.45) is 3.72. The Bertz CT molecular complexity index is 618. The Morgan fingerprint density at radius 1 is 1.40 bits per heavy atom. The van der Waals surface area contributed by atoms with Crippen molar-refractivity contribution >= 4 is 0 Å². The third-order valence-electron chi connectivity index (χ3n) is 4.13. The monoisotopic (exact) mass is 273 g/mol. The van der Waals surface area contributed by atoms with Gasteiger partial charge < -0.3 is 9.84 Å². The minimum atomic E-state index is 0.0368.